The van der Waals surface area contributed by atoms with Gasteiger partial charge in [-0.15, -0.1) is 0 Å². The highest BCUT2D eigenvalue weighted by Gasteiger charge is 2.26. The molecule has 8 heteroatoms. The van der Waals surface area contributed by atoms with Crippen molar-refractivity contribution in [3.8, 4) is 11.1 Å². The Bertz CT molecular complexity index is 1330. The first-order valence-electron chi connectivity index (χ1n) is 10.2. The monoisotopic (exact) mass is 469 g/mol. The van der Waals surface area contributed by atoms with E-state index in [1.807, 2.05) is 41.1 Å². The number of hydrogen-bond donors (Lipinski definition) is 2. The summed E-state index contributed by atoms with van der Waals surface area (Å²) in [6.07, 6.45) is 1.62. The number of carboxylic acid groups (broad SMARTS) is 1. The number of aromatic nitrogens is 3. The third-order valence-electron chi connectivity index (χ3n) is 5.36. The average molecular weight is 470 g/mol. The number of rotatable bonds is 7. The molecule has 0 spiro atoms. The van der Waals surface area contributed by atoms with Crippen LogP contribution in [0.25, 0.3) is 22.2 Å². The quantitative estimate of drug-likeness (QED) is 0.377. The molecule has 4 rings (SSSR count). The zero-order chi connectivity index (χ0) is 23.0. The molecule has 0 aliphatic rings. The maximum Gasteiger partial charge on any atom is 0.353 e. The average Bonchev–Trinajstić information content (AvgIpc) is 3.25. The Morgan fingerprint density at radius 2 is 1.94 bits per heavy atom. The lowest BCUT2D eigenvalue weighted by atomic mass is 10.0. The summed E-state index contributed by atoms with van der Waals surface area (Å²) in [4.78, 5) is 15.2. The minimum atomic E-state index is -1.06. The summed E-state index contributed by atoms with van der Waals surface area (Å²) in [5.74, 6) is -0.587. The van der Waals surface area contributed by atoms with E-state index in [2.05, 4.69) is 18.8 Å². The zero-order valence-corrected chi connectivity index (χ0v) is 19.6. The van der Waals surface area contributed by atoms with Gasteiger partial charge in [0.2, 0.25) is 0 Å². The number of hydrogen-bond acceptors (Lipinski definition) is 3. The van der Waals surface area contributed by atoms with E-state index in [9.17, 15) is 14.1 Å². The Labute approximate surface area is 193 Å². The molecule has 6 nitrogen and oxygen atoms in total. The SMILES string of the molecule is CC(C)c1c2[nH]c(C(=O)O)c(-c3ccc(CS(C)=O)c(Cl)c3)c2nn1Cc1ccccc1. The maximum atomic E-state index is 12.1. The minimum absolute atomic E-state index is 0.0825. The summed E-state index contributed by atoms with van der Waals surface area (Å²) in [6, 6.07) is 15.4. The van der Waals surface area contributed by atoms with E-state index in [1.165, 1.54) is 0 Å². The van der Waals surface area contributed by atoms with E-state index >= 15 is 0 Å². The van der Waals surface area contributed by atoms with Gasteiger partial charge in [0.05, 0.1) is 17.8 Å². The summed E-state index contributed by atoms with van der Waals surface area (Å²) in [5, 5.41) is 15.2. The van der Waals surface area contributed by atoms with Crippen molar-refractivity contribution in [1.29, 1.82) is 0 Å². The van der Waals surface area contributed by atoms with E-state index in [-0.39, 0.29) is 11.6 Å². The van der Waals surface area contributed by atoms with Gasteiger partial charge in [-0.1, -0.05) is 67.9 Å². The number of nitrogens with zero attached hydrogens (tertiary/aromatic N) is 2. The smallest absolute Gasteiger partial charge is 0.353 e. The van der Waals surface area contributed by atoms with Gasteiger partial charge in [0, 0.05) is 33.4 Å². The number of aromatic carboxylic acids is 1. The van der Waals surface area contributed by atoms with Crippen molar-refractivity contribution in [2.24, 2.45) is 0 Å². The van der Waals surface area contributed by atoms with Gasteiger partial charge in [-0.05, 0) is 28.7 Å². The van der Waals surface area contributed by atoms with Gasteiger partial charge in [0.15, 0.2) is 0 Å². The van der Waals surface area contributed by atoms with Gasteiger partial charge in [-0.2, -0.15) is 5.10 Å². The summed E-state index contributed by atoms with van der Waals surface area (Å²) >= 11 is 6.45. The van der Waals surface area contributed by atoms with Crippen LogP contribution in [0.5, 0.6) is 0 Å². The zero-order valence-electron chi connectivity index (χ0n) is 18.1. The molecular weight excluding hydrogens is 446 g/mol. The second-order valence-electron chi connectivity index (χ2n) is 8.11. The number of aromatic amines is 1. The molecule has 1 unspecified atom stereocenters. The molecule has 0 saturated heterocycles. The summed E-state index contributed by atoms with van der Waals surface area (Å²) < 4.78 is 13.5. The Morgan fingerprint density at radius 3 is 2.53 bits per heavy atom. The number of benzene rings is 2. The van der Waals surface area contributed by atoms with Gasteiger partial charge in [-0.3, -0.25) is 8.89 Å². The van der Waals surface area contributed by atoms with Crippen LogP contribution in [-0.2, 0) is 23.1 Å². The molecule has 2 aromatic heterocycles. The molecule has 0 bridgehead atoms. The molecule has 0 aliphatic carbocycles. The van der Waals surface area contributed by atoms with E-state index < -0.39 is 16.8 Å². The highest BCUT2D eigenvalue weighted by atomic mass is 35.5. The molecule has 2 N–H and O–H groups in total. The fourth-order valence-electron chi connectivity index (χ4n) is 4.02. The molecular formula is C24H24ClN3O3S. The molecule has 0 saturated carbocycles. The molecule has 0 fully saturated rings. The number of halogens is 1. The van der Waals surface area contributed by atoms with Crippen molar-refractivity contribution in [2.75, 3.05) is 6.26 Å². The highest BCUT2D eigenvalue weighted by molar-refractivity contribution is 7.83. The fraction of sp³-hybridized carbons (Fsp3) is 0.250. The van der Waals surface area contributed by atoms with Crippen LogP contribution in [-0.4, -0.2) is 36.3 Å². The molecule has 32 heavy (non-hydrogen) atoms. The largest absolute Gasteiger partial charge is 0.477 e. The number of fused-ring (bicyclic) bond motifs is 1. The number of carboxylic acids is 1. The fourth-order valence-corrected chi connectivity index (χ4v) is 5.04. The molecule has 0 radical (unpaired) electrons. The van der Waals surface area contributed by atoms with Gasteiger partial charge in [-0.25, -0.2) is 4.79 Å². The normalized spacial score (nSPS) is 12.5. The Morgan fingerprint density at radius 1 is 1.22 bits per heavy atom. The van der Waals surface area contributed by atoms with Crippen molar-refractivity contribution in [3.63, 3.8) is 0 Å². The lowest BCUT2D eigenvalue weighted by molar-refractivity contribution is 0.0692. The van der Waals surface area contributed by atoms with Gasteiger partial charge in [0.1, 0.15) is 11.2 Å². The molecule has 1 atom stereocenters. The van der Waals surface area contributed by atoms with Crippen molar-refractivity contribution in [1.82, 2.24) is 14.8 Å². The van der Waals surface area contributed by atoms with E-state index in [4.69, 9.17) is 16.7 Å². The molecule has 4 aromatic rings. The summed E-state index contributed by atoms with van der Waals surface area (Å²) in [7, 11) is -1.03. The second-order valence-corrected chi connectivity index (χ2v) is 9.95. The maximum absolute atomic E-state index is 12.1. The molecule has 2 heterocycles. The molecule has 166 valence electrons. The number of nitrogens with one attached hydrogen (secondary N) is 1. The number of carbonyl (C=O) groups is 1. The van der Waals surface area contributed by atoms with Gasteiger partial charge < -0.3 is 10.1 Å². The molecule has 0 aliphatic heterocycles. The van der Waals surface area contributed by atoms with Crippen molar-refractivity contribution < 1.29 is 14.1 Å². The predicted molar refractivity (Wildman–Crippen MR) is 129 cm³/mol. The lowest BCUT2D eigenvalue weighted by Crippen LogP contribution is -2.09. The van der Waals surface area contributed by atoms with Crippen LogP contribution in [0.2, 0.25) is 5.02 Å². The van der Waals surface area contributed by atoms with Gasteiger partial charge in [0.25, 0.3) is 0 Å². The highest BCUT2D eigenvalue weighted by Crippen LogP contribution is 2.37. The van der Waals surface area contributed by atoms with Crippen LogP contribution in [0.1, 0.15) is 47.1 Å². The van der Waals surface area contributed by atoms with Crippen molar-refractivity contribution in [2.45, 2.75) is 32.1 Å². The van der Waals surface area contributed by atoms with E-state index in [0.29, 0.717) is 34.0 Å². The molecule has 0 amide bonds. The molecule has 2 aromatic carbocycles. The van der Waals surface area contributed by atoms with Crippen LogP contribution in [0.3, 0.4) is 0 Å². The van der Waals surface area contributed by atoms with Crippen molar-refractivity contribution in [3.05, 3.63) is 76.1 Å². The number of H-pyrrole nitrogens is 1. The van der Waals surface area contributed by atoms with Crippen LogP contribution < -0.4 is 0 Å². The standard InChI is InChI=1S/C24H24ClN3O3S/c1-14(2)23-22-20(27-28(23)12-15-7-5-4-6-8-15)19(21(26-22)24(29)30)16-9-10-17(13-32(3)31)18(25)11-16/h4-11,14,26H,12-13H2,1-3H3,(H,29,30). The second kappa shape index (κ2) is 8.92. The first-order valence-corrected chi connectivity index (χ1v) is 12.3. The van der Waals surface area contributed by atoms with Gasteiger partial charge >= 0.3 is 5.97 Å². The topological polar surface area (TPSA) is 88.0 Å². The summed E-state index contributed by atoms with van der Waals surface area (Å²) in [5.41, 5.74) is 5.39. The Hall–Kier alpha value is -2.90. The van der Waals surface area contributed by atoms with Crippen molar-refractivity contribution >= 4 is 39.4 Å². The lowest BCUT2D eigenvalue weighted by Gasteiger charge is -2.11. The van der Waals surface area contributed by atoms with Crippen LogP contribution >= 0.6 is 11.6 Å². The third-order valence-corrected chi connectivity index (χ3v) is 6.43. The Kier molecular flexibility index (Phi) is 6.22. The van der Waals surface area contributed by atoms with Crippen LogP contribution in [0.4, 0.5) is 0 Å². The van der Waals surface area contributed by atoms with Crippen LogP contribution in [0.15, 0.2) is 48.5 Å². The van der Waals surface area contributed by atoms with E-state index in [0.717, 1.165) is 22.3 Å². The Balaban J connectivity index is 1.91. The van der Waals surface area contributed by atoms with E-state index in [1.54, 1.807) is 18.4 Å². The summed E-state index contributed by atoms with van der Waals surface area (Å²) in [6.45, 7) is 4.71. The first-order chi connectivity index (χ1) is 15.3. The predicted octanol–water partition coefficient (Wildman–Crippen LogP) is 5.43. The van der Waals surface area contributed by atoms with Crippen LogP contribution in [0, 0.1) is 0 Å². The first kappa shape index (κ1) is 22.3. The third kappa shape index (κ3) is 4.23. The minimum Gasteiger partial charge on any atom is -0.477 e.